The van der Waals surface area contributed by atoms with Gasteiger partial charge in [0.2, 0.25) is 7.12 Å². The van der Waals surface area contributed by atoms with Crippen molar-refractivity contribution in [3.63, 3.8) is 0 Å². The maximum atomic E-state index is 10.4. The van der Waals surface area contributed by atoms with Crippen LogP contribution in [0.4, 0.5) is 0 Å². The summed E-state index contributed by atoms with van der Waals surface area (Å²) < 4.78 is 0. The Hall–Kier alpha value is -0.198. The summed E-state index contributed by atoms with van der Waals surface area (Å²) in [5, 5.41) is 19.0. The van der Waals surface area contributed by atoms with Gasteiger partial charge in [-0.25, -0.2) is 0 Å². The first kappa shape index (κ1) is 10.8. The van der Waals surface area contributed by atoms with E-state index in [9.17, 15) is 5.02 Å². The van der Waals surface area contributed by atoms with Crippen LogP contribution < -0.4 is 29.3 Å². The van der Waals surface area contributed by atoms with Crippen LogP contribution in [-0.4, -0.2) is 12.1 Å². The van der Waals surface area contributed by atoms with Crippen molar-refractivity contribution < 1.29 is 28.9 Å². The average molecular weight is 142 g/mol. The first-order valence-electron chi connectivity index (χ1n) is 3.10. The van der Waals surface area contributed by atoms with Gasteiger partial charge in [0.15, 0.2) is 0 Å². The molecule has 2 nitrogen and oxygen atoms in total. The molecule has 0 spiro atoms. The fourth-order valence-corrected chi connectivity index (χ4v) is 0.824. The van der Waals surface area contributed by atoms with Crippen LogP contribution in [0.2, 0.25) is 0 Å². The van der Waals surface area contributed by atoms with E-state index in [1.54, 1.807) is 18.2 Å². The normalized spacial score (nSPS) is 8.64. The standard InChI is InChI=1S/C7H8BO2.Li/c1-6-3-2-4-7(5-6)8(9)10;/h2-5,9H,1H3;/q-1;+1. The molecule has 1 aromatic carbocycles. The van der Waals surface area contributed by atoms with Crippen molar-refractivity contribution in [2.45, 2.75) is 6.92 Å². The van der Waals surface area contributed by atoms with E-state index in [1.165, 1.54) is 0 Å². The van der Waals surface area contributed by atoms with Crippen LogP contribution in [0.15, 0.2) is 24.3 Å². The molecule has 11 heavy (non-hydrogen) atoms. The van der Waals surface area contributed by atoms with Crippen LogP contribution in [0.1, 0.15) is 5.56 Å². The van der Waals surface area contributed by atoms with Crippen molar-refractivity contribution in [2.75, 3.05) is 0 Å². The quantitative estimate of drug-likeness (QED) is 0.406. The van der Waals surface area contributed by atoms with Crippen molar-refractivity contribution in [2.24, 2.45) is 0 Å². The van der Waals surface area contributed by atoms with E-state index in [1.807, 2.05) is 13.0 Å². The van der Waals surface area contributed by atoms with Crippen molar-refractivity contribution >= 4 is 12.6 Å². The molecule has 0 heterocycles. The molecule has 0 atom stereocenters. The zero-order valence-electron chi connectivity index (χ0n) is 6.74. The Morgan fingerprint density at radius 1 is 1.45 bits per heavy atom. The minimum atomic E-state index is -1.60. The molecular weight excluding hydrogens is 134 g/mol. The molecule has 0 aliphatic heterocycles. The molecule has 1 N–H and O–H groups in total. The third kappa shape index (κ3) is 3.13. The van der Waals surface area contributed by atoms with E-state index in [0.29, 0.717) is 5.46 Å². The minimum Gasteiger partial charge on any atom is -0.853 e. The maximum Gasteiger partial charge on any atom is 1.00 e. The molecule has 0 saturated heterocycles. The van der Waals surface area contributed by atoms with E-state index in [0.717, 1.165) is 5.56 Å². The van der Waals surface area contributed by atoms with Gasteiger partial charge in [0.1, 0.15) is 0 Å². The fraction of sp³-hybridized carbons (Fsp3) is 0.143. The van der Waals surface area contributed by atoms with Crippen LogP contribution >= 0.6 is 0 Å². The van der Waals surface area contributed by atoms with E-state index < -0.39 is 7.12 Å². The van der Waals surface area contributed by atoms with Crippen LogP contribution in [0.5, 0.6) is 0 Å². The summed E-state index contributed by atoms with van der Waals surface area (Å²) in [5.41, 5.74) is 1.42. The van der Waals surface area contributed by atoms with Crippen molar-refractivity contribution in [3.05, 3.63) is 29.8 Å². The Morgan fingerprint density at radius 2 is 2.09 bits per heavy atom. The van der Waals surface area contributed by atoms with Crippen LogP contribution in [0.3, 0.4) is 0 Å². The number of hydrogen-bond acceptors (Lipinski definition) is 2. The molecule has 0 radical (unpaired) electrons. The molecule has 1 aromatic rings. The molecule has 0 aliphatic carbocycles. The van der Waals surface area contributed by atoms with E-state index >= 15 is 0 Å². The van der Waals surface area contributed by atoms with Gasteiger partial charge in [-0.3, -0.25) is 0 Å². The molecule has 0 aliphatic rings. The Labute approximate surface area is 78.6 Å². The largest absolute Gasteiger partial charge is 1.00 e. The van der Waals surface area contributed by atoms with Crippen molar-refractivity contribution in [3.8, 4) is 0 Å². The molecule has 1 rings (SSSR count). The third-order valence-electron chi connectivity index (χ3n) is 1.33. The Balaban J connectivity index is 0.000001000. The van der Waals surface area contributed by atoms with Gasteiger partial charge in [0.25, 0.3) is 0 Å². The zero-order valence-corrected chi connectivity index (χ0v) is 6.74. The molecule has 0 amide bonds. The van der Waals surface area contributed by atoms with Crippen molar-refractivity contribution in [1.82, 2.24) is 0 Å². The van der Waals surface area contributed by atoms with E-state index in [4.69, 9.17) is 5.02 Å². The Kier molecular flexibility index (Phi) is 4.55. The second-order valence-corrected chi connectivity index (χ2v) is 2.27. The van der Waals surface area contributed by atoms with Gasteiger partial charge in [-0.05, 0) is 6.92 Å². The summed E-state index contributed by atoms with van der Waals surface area (Å²) in [7, 11) is -1.60. The van der Waals surface area contributed by atoms with Crippen molar-refractivity contribution in [1.29, 1.82) is 0 Å². The van der Waals surface area contributed by atoms with Gasteiger partial charge in [0.05, 0.1) is 0 Å². The molecule has 0 bridgehead atoms. The average Bonchev–Trinajstić information content (AvgIpc) is 1.88. The summed E-state index contributed by atoms with van der Waals surface area (Å²) in [6.45, 7) is 1.88. The van der Waals surface area contributed by atoms with Crippen LogP contribution in [0, 0.1) is 6.92 Å². The summed E-state index contributed by atoms with van der Waals surface area (Å²) in [6, 6.07) is 6.93. The third-order valence-corrected chi connectivity index (χ3v) is 1.33. The monoisotopic (exact) mass is 142 g/mol. The summed E-state index contributed by atoms with van der Waals surface area (Å²) in [4.78, 5) is 0. The fourth-order valence-electron chi connectivity index (χ4n) is 0.824. The molecule has 4 heteroatoms. The van der Waals surface area contributed by atoms with Gasteiger partial charge in [0, 0.05) is 0 Å². The van der Waals surface area contributed by atoms with Gasteiger partial charge in [-0.2, -0.15) is 0 Å². The predicted octanol–water partition coefficient (Wildman–Crippen LogP) is -3.95. The van der Waals surface area contributed by atoms with E-state index in [2.05, 4.69) is 0 Å². The number of hydrogen-bond donors (Lipinski definition) is 1. The first-order chi connectivity index (χ1) is 4.70. The smallest absolute Gasteiger partial charge is 0.853 e. The molecule has 0 unspecified atom stereocenters. The number of rotatable bonds is 1. The summed E-state index contributed by atoms with van der Waals surface area (Å²) >= 11 is 0. The number of aryl methyl sites for hydroxylation is 1. The Morgan fingerprint density at radius 3 is 2.45 bits per heavy atom. The molecule has 0 fully saturated rings. The minimum absolute atomic E-state index is 0. The molecule has 52 valence electrons. The molecule has 0 saturated carbocycles. The maximum absolute atomic E-state index is 10.4. The topological polar surface area (TPSA) is 43.3 Å². The predicted molar refractivity (Wildman–Crippen MR) is 38.8 cm³/mol. The molecular formula is C7H8BLiO2. The Bertz CT molecular complexity index is 227. The van der Waals surface area contributed by atoms with Gasteiger partial charge >= 0.3 is 18.9 Å². The number of benzene rings is 1. The SMILES string of the molecule is Cc1cccc(B([O-])O)c1.[Li+]. The summed E-state index contributed by atoms with van der Waals surface area (Å²) in [6.07, 6.45) is 0. The first-order valence-corrected chi connectivity index (χ1v) is 3.10. The molecule has 0 aromatic heterocycles. The van der Waals surface area contributed by atoms with Gasteiger partial charge < -0.3 is 10.0 Å². The second-order valence-electron chi connectivity index (χ2n) is 2.27. The zero-order chi connectivity index (χ0) is 7.56. The second kappa shape index (κ2) is 4.63. The van der Waals surface area contributed by atoms with Gasteiger partial charge in [-0.15, -0.1) is 0 Å². The van der Waals surface area contributed by atoms with Crippen LogP contribution in [0.25, 0.3) is 0 Å². The summed E-state index contributed by atoms with van der Waals surface area (Å²) in [5.74, 6) is 0. The van der Waals surface area contributed by atoms with E-state index in [-0.39, 0.29) is 18.9 Å². The van der Waals surface area contributed by atoms with Gasteiger partial charge in [-0.1, -0.05) is 35.3 Å². The van der Waals surface area contributed by atoms with Crippen LogP contribution in [-0.2, 0) is 0 Å².